The van der Waals surface area contributed by atoms with Gasteiger partial charge in [0.2, 0.25) is 0 Å². The third-order valence-corrected chi connectivity index (χ3v) is 3.04. The first-order valence-corrected chi connectivity index (χ1v) is 6.07. The Balaban J connectivity index is 2.22. The summed E-state index contributed by atoms with van der Waals surface area (Å²) in [5, 5.41) is 16.9. The van der Waals surface area contributed by atoms with Gasteiger partial charge in [-0.05, 0) is 24.6 Å². The normalized spacial score (nSPS) is 10.9. The van der Waals surface area contributed by atoms with Gasteiger partial charge < -0.3 is 9.63 Å². The molecular formula is C13H10N4O4. The van der Waals surface area contributed by atoms with E-state index in [4.69, 9.17) is 4.52 Å². The lowest BCUT2D eigenvalue weighted by molar-refractivity contribution is 0.0690. The van der Waals surface area contributed by atoms with E-state index in [0.717, 1.165) is 10.2 Å². The molecule has 8 heteroatoms. The Morgan fingerprint density at radius 1 is 1.38 bits per heavy atom. The Bertz CT molecular complexity index is 882. The van der Waals surface area contributed by atoms with E-state index in [1.54, 1.807) is 24.5 Å². The van der Waals surface area contributed by atoms with Crippen molar-refractivity contribution in [1.29, 1.82) is 0 Å². The molecule has 0 aromatic carbocycles. The maximum Gasteiger partial charge on any atom is 0.357 e. The van der Waals surface area contributed by atoms with E-state index in [9.17, 15) is 14.7 Å². The summed E-state index contributed by atoms with van der Waals surface area (Å²) in [6.45, 7) is 1.67. The zero-order valence-electron chi connectivity index (χ0n) is 11.0. The van der Waals surface area contributed by atoms with Crippen molar-refractivity contribution in [2.75, 3.05) is 0 Å². The average molecular weight is 286 g/mol. The number of carboxylic acids is 1. The van der Waals surface area contributed by atoms with Crippen LogP contribution in [0.4, 0.5) is 0 Å². The molecule has 3 aromatic heterocycles. The largest absolute Gasteiger partial charge is 0.476 e. The van der Waals surface area contributed by atoms with Crippen LogP contribution in [0.3, 0.4) is 0 Å². The topological polar surface area (TPSA) is 111 Å². The number of nitrogens with zero attached hydrogens (tertiary/aromatic N) is 4. The molecule has 1 N–H and O–H groups in total. The number of hydrogen-bond acceptors (Lipinski definition) is 6. The first-order valence-electron chi connectivity index (χ1n) is 6.07. The number of fused-ring (bicyclic) bond motifs is 1. The first kappa shape index (κ1) is 13.0. The molecule has 0 aliphatic carbocycles. The lowest BCUT2D eigenvalue weighted by Crippen LogP contribution is -2.26. The minimum absolute atomic E-state index is 0.0334. The molecule has 0 unspecified atom stereocenters. The van der Waals surface area contributed by atoms with E-state index >= 15 is 0 Å². The number of rotatable bonds is 3. The number of carbonyl (C=O) groups is 1. The zero-order chi connectivity index (χ0) is 15.0. The van der Waals surface area contributed by atoms with E-state index < -0.39 is 11.5 Å². The van der Waals surface area contributed by atoms with Crippen molar-refractivity contribution < 1.29 is 14.4 Å². The molecule has 0 saturated carbocycles. The minimum atomic E-state index is -1.24. The fourth-order valence-electron chi connectivity index (χ4n) is 2.05. The van der Waals surface area contributed by atoms with Gasteiger partial charge in [0.05, 0.1) is 11.9 Å². The summed E-state index contributed by atoms with van der Waals surface area (Å²) in [5.41, 5.74) is -0.00877. The van der Waals surface area contributed by atoms with Crippen molar-refractivity contribution in [1.82, 2.24) is 19.9 Å². The van der Waals surface area contributed by atoms with Crippen LogP contribution in [-0.2, 0) is 6.54 Å². The van der Waals surface area contributed by atoms with Crippen molar-refractivity contribution in [2.24, 2.45) is 0 Å². The van der Waals surface area contributed by atoms with Gasteiger partial charge >= 0.3 is 5.97 Å². The molecule has 0 fully saturated rings. The summed E-state index contributed by atoms with van der Waals surface area (Å²) in [7, 11) is 0. The molecule has 0 amide bonds. The van der Waals surface area contributed by atoms with Gasteiger partial charge in [0.15, 0.2) is 11.2 Å². The van der Waals surface area contributed by atoms with Gasteiger partial charge in [-0.2, -0.15) is 5.10 Å². The van der Waals surface area contributed by atoms with E-state index in [1.165, 1.54) is 6.92 Å². The maximum atomic E-state index is 12.3. The van der Waals surface area contributed by atoms with Crippen LogP contribution in [0.25, 0.3) is 10.9 Å². The summed E-state index contributed by atoms with van der Waals surface area (Å²) in [5.74, 6) is -0.988. The second kappa shape index (κ2) is 4.82. The highest BCUT2D eigenvalue weighted by atomic mass is 16.5. The van der Waals surface area contributed by atoms with Gasteiger partial charge in [-0.15, -0.1) is 0 Å². The summed E-state index contributed by atoms with van der Waals surface area (Å²) >= 11 is 0. The maximum absolute atomic E-state index is 12.3. The van der Waals surface area contributed by atoms with Crippen LogP contribution in [0.1, 0.15) is 21.8 Å². The monoisotopic (exact) mass is 286 g/mol. The van der Waals surface area contributed by atoms with Gasteiger partial charge in [0, 0.05) is 12.4 Å². The van der Waals surface area contributed by atoms with E-state index in [-0.39, 0.29) is 28.9 Å². The number of carboxylic acid groups (broad SMARTS) is 1. The molecule has 0 atom stereocenters. The van der Waals surface area contributed by atoms with E-state index in [0.29, 0.717) is 0 Å². The SMILES string of the molecule is Cc1onc2c(=O)n(Cc3ccncc3)nc(C(=O)O)c12. The smallest absolute Gasteiger partial charge is 0.357 e. The Labute approximate surface area is 117 Å². The molecule has 0 aliphatic heterocycles. The van der Waals surface area contributed by atoms with Crippen LogP contribution < -0.4 is 5.56 Å². The van der Waals surface area contributed by atoms with Crippen molar-refractivity contribution >= 4 is 16.9 Å². The van der Waals surface area contributed by atoms with Gasteiger partial charge in [0.1, 0.15) is 5.76 Å². The Kier molecular flexibility index (Phi) is 2.98. The minimum Gasteiger partial charge on any atom is -0.476 e. The van der Waals surface area contributed by atoms with Crippen molar-refractivity contribution in [2.45, 2.75) is 13.5 Å². The number of pyridine rings is 1. The lowest BCUT2D eigenvalue weighted by Gasteiger charge is -2.06. The number of aromatic nitrogens is 4. The first-order chi connectivity index (χ1) is 10.1. The fourth-order valence-corrected chi connectivity index (χ4v) is 2.05. The van der Waals surface area contributed by atoms with E-state index in [2.05, 4.69) is 15.2 Å². The fraction of sp³-hybridized carbons (Fsp3) is 0.154. The quantitative estimate of drug-likeness (QED) is 0.759. The summed E-state index contributed by atoms with van der Waals surface area (Å²) in [4.78, 5) is 27.5. The Hall–Kier alpha value is -3.03. The van der Waals surface area contributed by atoms with Crippen molar-refractivity contribution in [3.63, 3.8) is 0 Å². The number of aromatic carboxylic acids is 1. The van der Waals surface area contributed by atoms with Crippen LogP contribution in [0, 0.1) is 6.92 Å². The highest BCUT2D eigenvalue weighted by molar-refractivity contribution is 6.00. The van der Waals surface area contributed by atoms with Crippen LogP contribution in [-0.4, -0.2) is 31.0 Å². The van der Waals surface area contributed by atoms with Crippen LogP contribution in [0.2, 0.25) is 0 Å². The molecule has 0 saturated heterocycles. The number of aryl methyl sites for hydroxylation is 1. The van der Waals surface area contributed by atoms with Gasteiger partial charge in [-0.25, -0.2) is 9.48 Å². The molecule has 0 bridgehead atoms. The van der Waals surface area contributed by atoms with Gasteiger partial charge in [0.25, 0.3) is 5.56 Å². The van der Waals surface area contributed by atoms with Crippen LogP contribution >= 0.6 is 0 Å². The molecule has 0 spiro atoms. The molecule has 106 valence electrons. The second-order valence-electron chi connectivity index (χ2n) is 4.43. The highest BCUT2D eigenvalue weighted by Crippen LogP contribution is 2.17. The molecule has 0 aliphatic rings. The Morgan fingerprint density at radius 3 is 2.76 bits per heavy atom. The standard InChI is InChI=1S/C13H10N4O4/c1-7-9-10(16-21-7)12(18)17(15-11(9)13(19)20)6-8-2-4-14-5-3-8/h2-5H,6H2,1H3,(H,19,20). The predicted octanol–water partition coefficient (Wildman–Crippen LogP) is 0.834. The van der Waals surface area contributed by atoms with Crippen molar-refractivity contribution in [3.8, 4) is 0 Å². The van der Waals surface area contributed by atoms with Gasteiger partial charge in [-0.1, -0.05) is 5.16 Å². The molecule has 8 nitrogen and oxygen atoms in total. The predicted molar refractivity (Wildman–Crippen MR) is 71.1 cm³/mol. The molecule has 3 rings (SSSR count). The second-order valence-corrected chi connectivity index (χ2v) is 4.43. The third-order valence-electron chi connectivity index (χ3n) is 3.04. The zero-order valence-corrected chi connectivity index (χ0v) is 11.0. The molecule has 21 heavy (non-hydrogen) atoms. The molecule has 0 radical (unpaired) electrons. The third kappa shape index (κ3) is 2.16. The molecule has 3 aromatic rings. The van der Waals surface area contributed by atoms with Gasteiger partial charge in [-0.3, -0.25) is 9.78 Å². The average Bonchev–Trinajstić information content (AvgIpc) is 2.85. The summed E-state index contributed by atoms with van der Waals surface area (Å²) in [6, 6.07) is 3.43. The summed E-state index contributed by atoms with van der Waals surface area (Å²) in [6.07, 6.45) is 3.16. The summed E-state index contributed by atoms with van der Waals surface area (Å²) < 4.78 is 5.97. The van der Waals surface area contributed by atoms with Crippen LogP contribution in [0.5, 0.6) is 0 Å². The molecular weight excluding hydrogens is 276 g/mol. The van der Waals surface area contributed by atoms with Crippen molar-refractivity contribution in [3.05, 3.63) is 51.9 Å². The Morgan fingerprint density at radius 2 is 2.10 bits per heavy atom. The highest BCUT2D eigenvalue weighted by Gasteiger charge is 2.21. The molecule has 3 heterocycles. The lowest BCUT2D eigenvalue weighted by atomic mass is 10.2. The van der Waals surface area contributed by atoms with Crippen LogP contribution in [0.15, 0.2) is 33.8 Å². The number of hydrogen-bond donors (Lipinski definition) is 1. The van der Waals surface area contributed by atoms with E-state index in [1.807, 2.05) is 0 Å².